The number of carbonyl (C=O) groups is 1. The monoisotopic (exact) mass is 484 g/mol. The molecule has 0 aliphatic carbocycles. The van der Waals surface area contributed by atoms with E-state index in [4.69, 9.17) is 9.84 Å². The number of rotatable bonds is 10. The molecule has 0 saturated carbocycles. The van der Waals surface area contributed by atoms with Crippen molar-refractivity contribution in [2.45, 2.75) is 58.8 Å². The van der Waals surface area contributed by atoms with E-state index in [-0.39, 0.29) is 17.6 Å². The number of aliphatic carboxylic acids is 1. The number of carboxylic acids is 1. The number of alkyl halides is 4. The Balaban J connectivity index is 2.65. The number of benzene rings is 1. The van der Waals surface area contributed by atoms with Crippen molar-refractivity contribution in [1.29, 1.82) is 0 Å². The van der Waals surface area contributed by atoms with E-state index >= 15 is 0 Å². The van der Waals surface area contributed by atoms with E-state index in [0.717, 1.165) is 16.5 Å². The summed E-state index contributed by atoms with van der Waals surface area (Å²) in [6.07, 6.45) is 0.622. The van der Waals surface area contributed by atoms with Crippen molar-refractivity contribution in [3.63, 3.8) is 0 Å². The maximum Gasteiger partial charge on any atom is 0.340 e. The molecule has 33 heavy (non-hydrogen) atoms. The lowest BCUT2D eigenvalue weighted by atomic mass is 9.89. The lowest BCUT2D eigenvalue weighted by molar-refractivity contribution is -0.148. The quantitative estimate of drug-likeness (QED) is 0.211. The van der Waals surface area contributed by atoms with E-state index in [1.807, 2.05) is 51.3 Å². The van der Waals surface area contributed by atoms with Crippen molar-refractivity contribution in [3.8, 4) is 16.9 Å². The van der Waals surface area contributed by atoms with Gasteiger partial charge in [0.05, 0.1) is 0 Å². The Labute approximate surface area is 195 Å². The molecule has 0 spiro atoms. The van der Waals surface area contributed by atoms with Gasteiger partial charge in [0.2, 0.25) is 0 Å². The van der Waals surface area contributed by atoms with Crippen LogP contribution in [0.4, 0.5) is 17.6 Å². The Hall–Kier alpha value is -2.61. The number of hydrogen-bond donors (Lipinski definition) is 1. The molecule has 1 aromatic heterocycles. The molecule has 0 aliphatic rings. The van der Waals surface area contributed by atoms with Crippen molar-refractivity contribution < 1.29 is 32.2 Å². The lowest BCUT2D eigenvalue weighted by Gasteiger charge is -2.23. The van der Waals surface area contributed by atoms with Crippen LogP contribution in [0.5, 0.6) is 5.75 Å². The molecule has 0 amide bonds. The Morgan fingerprint density at radius 3 is 2.36 bits per heavy atom. The van der Waals surface area contributed by atoms with Crippen LogP contribution >= 0.6 is 11.3 Å². The summed E-state index contributed by atoms with van der Waals surface area (Å²) in [5.74, 6) is -5.16. The summed E-state index contributed by atoms with van der Waals surface area (Å²) in [6, 6.07) is 5.52. The third-order valence-electron chi connectivity index (χ3n) is 4.99. The molecule has 0 saturated heterocycles. The highest BCUT2D eigenvalue weighted by atomic mass is 32.1. The van der Waals surface area contributed by atoms with Crippen LogP contribution in [0, 0.1) is 0 Å². The Morgan fingerprint density at radius 2 is 1.82 bits per heavy atom. The van der Waals surface area contributed by atoms with Crippen molar-refractivity contribution in [2.75, 3.05) is 6.61 Å². The molecule has 0 radical (unpaired) electrons. The fraction of sp³-hybridized carbons (Fsp3) is 0.400. The van der Waals surface area contributed by atoms with Gasteiger partial charge < -0.3 is 9.84 Å². The standard InChI is InChI=1S/C25H28F4O3S/c1-14(2)17-11-19(15(3)4)23(32-13-25(28,29)24(26)27)20(12-17)18-8-9-33-21(18)7-6-16(5)10-22(30)31/h6-12,14-15,24H,13H2,1-5H3,(H,30,31). The highest BCUT2D eigenvalue weighted by molar-refractivity contribution is 7.11. The van der Waals surface area contributed by atoms with Crippen molar-refractivity contribution >= 4 is 23.4 Å². The zero-order chi connectivity index (χ0) is 24.9. The number of carboxylic acid groups (broad SMARTS) is 1. The smallest absolute Gasteiger partial charge is 0.340 e. The minimum atomic E-state index is -4.28. The number of hydrogen-bond acceptors (Lipinski definition) is 3. The molecule has 0 aliphatic heterocycles. The first-order valence-corrected chi connectivity index (χ1v) is 11.3. The Morgan fingerprint density at radius 1 is 1.15 bits per heavy atom. The molecule has 1 aromatic carbocycles. The van der Waals surface area contributed by atoms with E-state index < -0.39 is 24.9 Å². The molecular weight excluding hydrogens is 456 g/mol. The first-order valence-electron chi connectivity index (χ1n) is 10.5. The SMILES string of the molecule is CC(C=Cc1sccc1-c1cc(C(C)C)cc(C(C)C)c1OCC(F)(F)C(F)F)=CC(=O)O. The van der Waals surface area contributed by atoms with E-state index in [2.05, 4.69) is 0 Å². The molecule has 3 nitrogen and oxygen atoms in total. The molecule has 1 N–H and O–H groups in total. The van der Waals surface area contributed by atoms with Crippen molar-refractivity contribution in [3.05, 3.63) is 57.3 Å². The largest absolute Gasteiger partial charge is 0.486 e. The van der Waals surface area contributed by atoms with E-state index in [9.17, 15) is 22.4 Å². The maximum atomic E-state index is 13.7. The second kappa shape index (κ2) is 11.0. The average molecular weight is 485 g/mol. The van der Waals surface area contributed by atoms with E-state index in [0.29, 0.717) is 22.3 Å². The van der Waals surface area contributed by atoms with E-state index in [1.165, 1.54) is 11.3 Å². The van der Waals surface area contributed by atoms with Gasteiger partial charge in [-0.05, 0) is 59.0 Å². The molecule has 0 atom stereocenters. The van der Waals surface area contributed by atoms with Crippen LogP contribution in [0.2, 0.25) is 0 Å². The first kappa shape index (κ1) is 26.6. The predicted octanol–water partition coefficient (Wildman–Crippen LogP) is 7.99. The number of ether oxygens (including phenoxy) is 1. The zero-order valence-electron chi connectivity index (χ0n) is 19.2. The predicted molar refractivity (Wildman–Crippen MR) is 125 cm³/mol. The van der Waals surface area contributed by atoms with Crippen molar-refractivity contribution in [1.82, 2.24) is 0 Å². The molecule has 1 heterocycles. The van der Waals surface area contributed by atoms with Crippen molar-refractivity contribution in [2.24, 2.45) is 0 Å². The lowest BCUT2D eigenvalue weighted by Crippen LogP contribution is -2.34. The van der Waals surface area contributed by atoms with Gasteiger partial charge >= 0.3 is 18.3 Å². The number of halogens is 4. The van der Waals surface area contributed by atoms with Crippen LogP contribution in [0.15, 0.2) is 41.3 Å². The average Bonchev–Trinajstić information content (AvgIpc) is 3.17. The second-order valence-corrected chi connectivity index (χ2v) is 9.35. The summed E-state index contributed by atoms with van der Waals surface area (Å²) in [7, 11) is 0. The van der Waals surface area contributed by atoms with Crippen LogP contribution in [-0.4, -0.2) is 30.0 Å². The molecule has 0 fully saturated rings. The fourth-order valence-corrected chi connectivity index (χ4v) is 3.95. The van der Waals surface area contributed by atoms with Crippen LogP contribution < -0.4 is 4.74 Å². The van der Waals surface area contributed by atoms with Crippen LogP contribution in [0.1, 0.15) is 62.5 Å². The third-order valence-corrected chi connectivity index (χ3v) is 5.87. The van der Waals surface area contributed by atoms with Gasteiger partial charge in [-0.3, -0.25) is 0 Å². The van der Waals surface area contributed by atoms with Gasteiger partial charge in [-0.25, -0.2) is 13.6 Å². The van der Waals surface area contributed by atoms with Crippen LogP contribution in [-0.2, 0) is 4.79 Å². The molecule has 0 bridgehead atoms. The minimum absolute atomic E-state index is 0.101. The zero-order valence-corrected chi connectivity index (χ0v) is 20.0. The summed E-state index contributed by atoms with van der Waals surface area (Å²) in [5.41, 5.74) is 3.37. The molecule has 0 unspecified atom stereocenters. The van der Waals surface area contributed by atoms with Gasteiger partial charge in [0, 0.05) is 22.1 Å². The Kier molecular flexibility index (Phi) is 8.89. The third kappa shape index (κ3) is 6.93. The van der Waals surface area contributed by atoms with Gasteiger partial charge in [0.25, 0.3) is 0 Å². The first-order chi connectivity index (χ1) is 15.3. The topological polar surface area (TPSA) is 46.5 Å². The second-order valence-electron chi connectivity index (χ2n) is 8.41. The molecular formula is C25H28F4O3S. The van der Waals surface area contributed by atoms with Gasteiger partial charge in [-0.1, -0.05) is 39.8 Å². The molecule has 2 rings (SSSR count). The van der Waals surface area contributed by atoms with Gasteiger partial charge in [-0.2, -0.15) is 8.78 Å². The van der Waals surface area contributed by atoms with Gasteiger partial charge in [0.15, 0.2) is 6.61 Å². The molecule has 180 valence electrons. The van der Waals surface area contributed by atoms with Gasteiger partial charge in [0.1, 0.15) is 5.75 Å². The molecule has 2 aromatic rings. The normalized spacial score (nSPS) is 13.0. The van der Waals surface area contributed by atoms with E-state index in [1.54, 1.807) is 19.1 Å². The summed E-state index contributed by atoms with van der Waals surface area (Å²) in [5, 5.41) is 10.7. The number of allylic oxidation sites excluding steroid dienone is 2. The van der Waals surface area contributed by atoms with Crippen LogP contribution in [0.25, 0.3) is 17.2 Å². The highest BCUT2D eigenvalue weighted by Gasteiger charge is 2.42. The summed E-state index contributed by atoms with van der Waals surface area (Å²) >= 11 is 1.39. The Bertz CT molecular complexity index is 1040. The highest BCUT2D eigenvalue weighted by Crippen LogP contribution is 2.43. The molecule has 8 heteroatoms. The summed E-state index contributed by atoms with van der Waals surface area (Å²) in [6.45, 7) is 7.99. The summed E-state index contributed by atoms with van der Waals surface area (Å²) < 4.78 is 58.3. The number of thiophene rings is 1. The van der Waals surface area contributed by atoms with Crippen LogP contribution in [0.3, 0.4) is 0 Å². The van der Waals surface area contributed by atoms with Gasteiger partial charge in [-0.15, -0.1) is 11.3 Å². The minimum Gasteiger partial charge on any atom is -0.486 e. The summed E-state index contributed by atoms with van der Waals surface area (Å²) in [4.78, 5) is 11.6. The fourth-order valence-electron chi connectivity index (χ4n) is 3.15. The maximum absolute atomic E-state index is 13.7.